The van der Waals surface area contributed by atoms with Gasteiger partial charge in [0.2, 0.25) is 0 Å². The van der Waals surface area contributed by atoms with Crippen LogP contribution in [0.25, 0.3) is 0 Å². The SMILES string of the molecule is CNC(=O)c1ccc(N)cc1NC1CCCS(=O)(=O)C1. The molecule has 1 saturated heterocycles. The number of benzene rings is 1. The van der Waals surface area contributed by atoms with E-state index in [1.165, 1.54) is 0 Å². The molecule has 1 fully saturated rings. The van der Waals surface area contributed by atoms with Crippen LogP contribution in [0.5, 0.6) is 0 Å². The van der Waals surface area contributed by atoms with E-state index < -0.39 is 9.84 Å². The van der Waals surface area contributed by atoms with Crippen molar-refractivity contribution in [2.45, 2.75) is 18.9 Å². The average Bonchev–Trinajstić information content (AvgIpc) is 2.37. The summed E-state index contributed by atoms with van der Waals surface area (Å²) in [4.78, 5) is 11.8. The molecule has 7 heteroatoms. The molecule has 110 valence electrons. The normalized spacial score (nSPS) is 21.1. The third-order valence-electron chi connectivity index (χ3n) is 3.34. The van der Waals surface area contributed by atoms with Crippen molar-refractivity contribution in [3.63, 3.8) is 0 Å². The molecule has 1 unspecified atom stereocenters. The van der Waals surface area contributed by atoms with Gasteiger partial charge in [0, 0.05) is 24.5 Å². The third-order valence-corrected chi connectivity index (χ3v) is 5.16. The predicted molar refractivity (Wildman–Crippen MR) is 79.5 cm³/mol. The first kappa shape index (κ1) is 14.6. The van der Waals surface area contributed by atoms with E-state index >= 15 is 0 Å². The lowest BCUT2D eigenvalue weighted by atomic mass is 10.1. The lowest BCUT2D eigenvalue weighted by Gasteiger charge is -2.25. The highest BCUT2D eigenvalue weighted by molar-refractivity contribution is 7.91. The Bertz CT molecular complexity index is 613. The van der Waals surface area contributed by atoms with Crippen LogP contribution in [-0.2, 0) is 9.84 Å². The van der Waals surface area contributed by atoms with Crippen LogP contribution in [0.4, 0.5) is 11.4 Å². The number of hydrogen-bond acceptors (Lipinski definition) is 5. The topological polar surface area (TPSA) is 101 Å². The predicted octanol–water partition coefficient (Wildman–Crippen LogP) is 0.617. The molecular weight excluding hydrogens is 278 g/mol. The van der Waals surface area contributed by atoms with Gasteiger partial charge in [0.1, 0.15) is 0 Å². The number of sulfone groups is 1. The molecule has 0 aromatic heterocycles. The van der Waals surface area contributed by atoms with E-state index in [9.17, 15) is 13.2 Å². The average molecular weight is 297 g/mol. The van der Waals surface area contributed by atoms with Crippen molar-refractivity contribution in [1.82, 2.24) is 5.32 Å². The first-order chi connectivity index (χ1) is 9.41. The Morgan fingerprint density at radius 3 is 2.80 bits per heavy atom. The van der Waals surface area contributed by atoms with E-state index in [1.807, 2.05) is 0 Å². The van der Waals surface area contributed by atoms with Gasteiger partial charge in [0.15, 0.2) is 9.84 Å². The molecule has 1 aliphatic rings. The van der Waals surface area contributed by atoms with E-state index in [0.29, 0.717) is 23.4 Å². The van der Waals surface area contributed by atoms with Crippen LogP contribution in [0.2, 0.25) is 0 Å². The highest BCUT2D eigenvalue weighted by atomic mass is 32.2. The zero-order valence-electron chi connectivity index (χ0n) is 11.3. The summed E-state index contributed by atoms with van der Waals surface area (Å²) in [6.07, 6.45) is 1.40. The van der Waals surface area contributed by atoms with Gasteiger partial charge < -0.3 is 16.4 Å². The molecule has 0 saturated carbocycles. The van der Waals surface area contributed by atoms with Gasteiger partial charge in [-0.15, -0.1) is 0 Å². The minimum atomic E-state index is -3.00. The van der Waals surface area contributed by atoms with E-state index in [1.54, 1.807) is 25.2 Å². The van der Waals surface area contributed by atoms with Crippen LogP contribution >= 0.6 is 0 Å². The summed E-state index contributed by atoms with van der Waals surface area (Å²) in [5, 5.41) is 5.70. The van der Waals surface area contributed by atoms with Crippen molar-refractivity contribution in [2.24, 2.45) is 0 Å². The highest BCUT2D eigenvalue weighted by Crippen LogP contribution is 2.23. The van der Waals surface area contributed by atoms with Crippen LogP contribution in [0, 0.1) is 0 Å². The summed E-state index contributed by atoms with van der Waals surface area (Å²) in [7, 11) is -1.45. The van der Waals surface area contributed by atoms with Crippen molar-refractivity contribution in [3.05, 3.63) is 23.8 Å². The molecule has 1 amide bonds. The molecule has 0 spiro atoms. The van der Waals surface area contributed by atoms with Gasteiger partial charge in [-0.05, 0) is 31.0 Å². The number of carbonyl (C=O) groups excluding carboxylic acids is 1. The second-order valence-corrected chi connectivity index (χ2v) is 7.21. The molecule has 1 aliphatic heterocycles. The van der Waals surface area contributed by atoms with Gasteiger partial charge in [-0.3, -0.25) is 4.79 Å². The number of nitrogens with two attached hydrogens (primary N) is 1. The van der Waals surface area contributed by atoms with Crippen molar-refractivity contribution in [1.29, 1.82) is 0 Å². The minimum absolute atomic E-state index is 0.0922. The van der Waals surface area contributed by atoms with E-state index in [2.05, 4.69) is 10.6 Å². The van der Waals surface area contributed by atoms with Crippen molar-refractivity contribution in [2.75, 3.05) is 29.6 Å². The first-order valence-electron chi connectivity index (χ1n) is 6.50. The Labute approximate surface area is 118 Å². The van der Waals surface area contributed by atoms with Crippen molar-refractivity contribution >= 4 is 27.1 Å². The van der Waals surface area contributed by atoms with Crippen LogP contribution in [-0.4, -0.2) is 38.9 Å². The number of carbonyl (C=O) groups is 1. The standard InChI is InChI=1S/C13H19N3O3S/c1-15-13(17)11-5-4-9(14)7-12(11)16-10-3-2-6-20(18,19)8-10/h4-5,7,10,16H,2-3,6,8,14H2,1H3,(H,15,17). The van der Waals surface area contributed by atoms with E-state index in [-0.39, 0.29) is 23.5 Å². The van der Waals surface area contributed by atoms with Gasteiger partial charge in [0.25, 0.3) is 5.91 Å². The Hall–Kier alpha value is -1.76. The molecule has 0 radical (unpaired) electrons. The third kappa shape index (κ3) is 3.41. The number of hydrogen-bond donors (Lipinski definition) is 3. The zero-order valence-corrected chi connectivity index (χ0v) is 12.2. The second-order valence-electron chi connectivity index (χ2n) is 4.98. The van der Waals surface area contributed by atoms with Crippen LogP contribution in [0.15, 0.2) is 18.2 Å². The van der Waals surface area contributed by atoms with Crippen molar-refractivity contribution in [3.8, 4) is 0 Å². The molecule has 1 aromatic rings. The molecule has 1 heterocycles. The smallest absolute Gasteiger partial charge is 0.253 e. The lowest BCUT2D eigenvalue weighted by molar-refractivity contribution is 0.0964. The van der Waals surface area contributed by atoms with Gasteiger partial charge in [-0.2, -0.15) is 0 Å². The monoisotopic (exact) mass is 297 g/mol. The molecule has 2 rings (SSSR count). The Morgan fingerprint density at radius 2 is 2.15 bits per heavy atom. The van der Waals surface area contributed by atoms with Crippen LogP contribution in [0.3, 0.4) is 0 Å². The first-order valence-corrected chi connectivity index (χ1v) is 8.32. The molecule has 1 atom stereocenters. The molecule has 20 heavy (non-hydrogen) atoms. The second kappa shape index (κ2) is 5.70. The minimum Gasteiger partial charge on any atom is -0.399 e. The quantitative estimate of drug-likeness (QED) is 0.710. The maximum Gasteiger partial charge on any atom is 0.253 e. The molecule has 6 nitrogen and oxygen atoms in total. The summed E-state index contributed by atoms with van der Waals surface area (Å²) in [6, 6.07) is 4.76. The largest absolute Gasteiger partial charge is 0.399 e. The fraction of sp³-hybridized carbons (Fsp3) is 0.462. The van der Waals surface area contributed by atoms with E-state index in [4.69, 9.17) is 5.73 Å². The fourth-order valence-corrected chi connectivity index (χ4v) is 4.01. The number of anilines is 2. The molecule has 4 N–H and O–H groups in total. The highest BCUT2D eigenvalue weighted by Gasteiger charge is 2.25. The Kier molecular flexibility index (Phi) is 4.17. The lowest BCUT2D eigenvalue weighted by Crippen LogP contribution is -2.35. The zero-order chi connectivity index (χ0) is 14.8. The van der Waals surface area contributed by atoms with Crippen LogP contribution in [0.1, 0.15) is 23.2 Å². The van der Waals surface area contributed by atoms with Crippen LogP contribution < -0.4 is 16.4 Å². The Balaban J connectivity index is 2.24. The maximum atomic E-state index is 11.8. The van der Waals surface area contributed by atoms with Gasteiger partial charge >= 0.3 is 0 Å². The molecule has 0 bridgehead atoms. The number of nitrogen functional groups attached to an aromatic ring is 1. The molecule has 0 aliphatic carbocycles. The van der Waals surface area contributed by atoms with E-state index in [0.717, 1.165) is 6.42 Å². The summed E-state index contributed by atoms with van der Waals surface area (Å²) in [5.74, 6) is 0.102. The molecule has 1 aromatic carbocycles. The summed E-state index contributed by atoms with van der Waals surface area (Å²) in [6.45, 7) is 0. The summed E-state index contributed by atoms with van der Waals surface area (Å²) in [5.41, 5.74) is 7.30. The molecular formula is C13H19N3O3S. The number of nitrogens with one attached hydrogen (secondary N) is 2. The summed E-state index contributed by atoms with van der Waals surface area (Å²) < 4.78 is 23.3. The fourth-order valence-electron chi connectivity index (χ4n) is 2.37. The van der Waals surface area contributed by atoms with Gasteiger partial charge in [-0.1, -0.05) is 0 Å². The van der Waals surface area contributed by atoms with Crippen molar-refractivity contribution < 1.29 is 13.2 Å². The Morgan fingerprint density at radius 1 is 1.40 bits per heavy atom. The van der Waals surface area contributed by atoms with Gasteiger partial charge in [0.05, 0.1) is 17.1 Å². The maximum absolute atomic E-state index is 11.8. The number of amides is 1. The number of rotatable bonds is 3. The van der Waals surface area contributed by atoms with Gasteiger partial charge in [-0.25, -0.2) is 8.42 Å². The summed E-state index contributed by atoms with van der Waals surface area (Å²) >= 11 is 0.